The maximum absolute atomic E-state index is 13.1. The lowest BCUT2D eigenvalue weighted by Gasteiger charge is -2.36. The fourth-order valence-electron chi connectivity index (χ4n) is 3.94. The van der Waals surface area contributed by atoms with E-state index in [2.05, 4.69) is 5.10 Å². The smallest absolute Gasteiger partial charge is 0.345 e. The summed E-state index contributed by atoms with van der Waals surface area (Å²) in [6, 6.07) is 6.99. The number of rotatable bonds is 8. The summed E-state index contributed by atoms with van der Waals surface area (Å²) in [6.07, 6.45) is 1.51. The Labute approximate surface area is 187 Å². The molecule has 0 atom stereocenters. The van der Waals surface area contributed by atoms with Crippen molar-refractivity contribution in [3.63, 3.8) is 0 Å². The first-order valence-corrected chi connectivity index (χ1v) is 11.0. The number of piperidine rings is 1. The van der Waals surface area contributed by atoms with Gasteiger partial charge in [0.15, 0.2) is 5.60 Å². The van der Waals surface area contributed by atoms with Gasteiger partial charge in [-0.1, -0.05) is 11.6 Å². The van der Waals surface area contributed by atoms with E-state index < -0.39 is 5.60 Å². The highest BCUT2D eigenvalue weighted by atomic mass is 35.5. The summed E-state index contributed by atoms with van der Waals surface area (Å²) < 4.78 is 14.2. The van der Waals surface area contributed by atoms with Gasteiger partial charge < -0.3 is 14.4 Å². The monoisotopic (exact) mass is 450 g/mol. The zero-order valence-electron chi connectivity index (χ0n) is 18.6. The van der Waals surface area contributed by atoms with E-state index >= 15 is 0 Å². The molecule has 170 valence electrons. The lowest BCUT2D eigenvalue weighted by atomic mass is 9.94. The van der Waals surface area contributed by atoms with Crippen molar-refractivity contribution in [3.8, 4) is 5.75 Å². The highest BCUT2D eigenvalue weighted by molar-refractivity contribution is 6.30. The van der Waals surface area contributed by atoms with Crippen LogP contribution in [0.15, 0.2) is 29.1 Å². The third kappa shape index (κ3) is 5.30. The fourth-order valence-corrected chi connectivity index (χ4v) is 4.07. The van der Waals surface area contributed by atoms with Crippen LogP contribution >= 0.6 is 11.6 Å². The Bertz CT molecular complexity index is 943. The van der Waals surface area contributed by atoms with Crippen LogP contribution in [0.3, 0.4) is 0 Å². The average Bonchev–Trinajstić information content (AvgIpc) is 3.08. The number of nitrogens with zero attached hydrogens (tertiary/aromatic N) is 4. The van der Waals surface area contributed by atoms with Crippen LogP contribution in [-0.2, 0) is 22.6 Å². The van der Waals surface area contributed by atoms with E-state index in [-0.39, 0.29) is 17.5 Å². The number of ether oxygens (including phenoxy) is 2. The van der Waals surface area contributed by atoms with E-state index in [0.717, 1.165) is 18.7 Å². The molecule has 0 aliphatic carbocycles. The molecule has 9 heteroatoms. The summed E-state index contributed by atoms with van der Waals surface area (Å²) in [5, 5.41) is 5.19. The summed E-state index contributed by atoms with van der Waals surface area (Å²) in [5.74, 6) is 1.48. The number of hydrogen-bond donors (Lipinski definition) is 0. The summed E-state index contributed by atoms with van der Waals surface area (Å²) in [4.78, 5) is 27.5. The summed E-state index contributed by atoms with van der Waals surface area (Å²) >= 11 is 5.92. The SMILES string of the molecule is CCn1c(C2CCN(C(=O)C(C)(C)Oc3ccc(Cl)cc3)CC2)nn(CCOC)c1=O. The zero-order chi connectivity index (χ0) is 22.6. The Hall–Kier alpha value is -2.32. The molecule has 0 bridgehead atoms. The minimum atomic E-state index is -0.992. The molecule has 8 nitrogen and oxygen atoms in total. The quantitative estimate of drug-likeness (QED) is 0.617. The molecule has 2 aromatic rings. The van der Waals surface area contributed by atoms with Gasteiger partial charge in [-0.25, -0.2) is 9.48 Å². The van der Waals surface area contributed by atoms with Gasteiger partial charge in [0.05, 0.1) is 13.2 Å². The number of halogens is 1. The van der Waals surface area contributed by atoms with Gasteiger partial charge in [-0.05, 0) is 57.9 Å². The number of likely N-dealkylation sites (tertiary alicyclic amines) is 1. The number of carbonyl (C=O) groups excluding carboxylic acids is 1. The van der Waals surface area contributed by atoms with Gasteiger partial charge in [-0.2, -0.15) is 5.10 Å². The molecule has 1 saturated heterocycles. The first-order chi connectivity index (χ1) is 14.8. The summed E-state index contributed by atoms with van der Waals surface area (Å²) in [6.45, 7) is 8.15. The summed E-state index contributed by atoms with van der Waals surface area (Å²) in [7, 11) is 1.60. The topological polar surface area (TPSA) is 78.6 Å². The molecule has 3 rings (SSSR count). The van der Waals surface area contributed by atoms with Crippen molar-refractivity contribution in [1.29, 1.82) is 0 Å². The van der Waals surface area contributed by atoms with Crippen LogP contribution in [-0.4, -0.2) is 57.6 Å². The standard InChI is InChI=1S/C22H31ClN4O4/c1-5-26-19(24-27(21(26)29)14-15-30-4)16-10-12-25(13-11-16)20(28)22(2,3)31-18-8-6-17(23)7-9-18/h6-9,16H,5,10-15H2,1-4H3. The molecule has 0 spiro atoms. The molecule has 1 aliphatic rings. The number of hydrogen-bond acceptors (Lipinski definition) is 5. The second kappa shape index (κ2) is 9.87. The summed E-state index contributed by atoms with van der Waals surface area (Å²) in [5.41, 5.74) is -1.10. The number of benzene rings is 1. The second-order valence-electron chi connectivity index (χ2n) is 8.23. The van der Waals surface area contributed by atoms with E-state index in [4.69, 9.17) is 21.1 Å². The predicted molar refractivity (Wildman–Crippen MR) is 119 cm³/mol. The Morgan fingerprint density at radius 3 is 2.45 bits per heavy atom. The first kappa shape index (κ1) is 23.3. The van der Waals surface area contributed by atoms with Crippen molar-refractivity contribution in [2.75, 3.05) is 26.8 Å². The van der Waals surface area contributed by atoms with Crippen LogP contribution in [0.4, 0.5) is 0 Å². The van der Waals surface area contributed by atoms with E-state index in [1.54, 1.807) is 49.8 Å². The largest absolute Gasteiger partial charge is 0.478 e. The highest BCUT2D eigenvalue weighted by Gasteiger charge is 2.37. The van der Waals surface area contributed by atoms with Crippen LogP contribution < -0.4 is 10.4 Å². The molecule has 0 N–H and O–H groups in total. The maximum Gasteiger partial charge on any atom is 0.345 e. The van der Waals surface area contributed by atoms with Gasteiger partial charge in [-0.15, -0.1) is 0 Å². The third-order valence-corrected chi connectivity index (χ3v) is 5.88. The molecule has 1 amide bonds. The van der Waals surface area contributed by atoms with Gasteiger partial charge in [-0.3, -0.25) is 9.36 Å². The minimum absolute atomic E-state index is 0.0561. The van der Waals surface area contributed by atoms with Crippen molar-refractivity contribution in [1.82, 2.24) is 19.2 Å². The predicted octanol–water partition coefficient (Wildman–Crippen LogP) is 2.93. The normalized spacial score (nSPS) is 15.3. The zero-order valence-corrected chi connectivity index (χ0v) is 19.4. The van der Waals surface area contributed by atoms with Crippen molar-refractivity contribution in [3.05, 3.63) is 45.6 Å². The Morgan fingerprint density at radius 2 is 1.87 bits per heavy atom. The first-order valence-electron chi connectivity index (χ1n) is 10.7. The molecule has 31 heavy (non-hydrogen) atoms. The Kier molecular flexibility index (Phi) is 7.43. The lowest BCUT2D eigenvalue weighted by Crippen LogP contribution is -2.51. The van der Waals surface area contributed by atoms with Crippen molar-refractivity contribution in [2.45, 2.75) is 58.2 Å². The molecule has 1 aliphatic heterocycles. The van der Waals surface area contributed by atoms with Crippen LogP contribution in [0.5, 0.6) is 5.75 Å². The molecule has 1 aromatic heterocycles. The number of aromatic nitrogens is 3. The minimum Gasteiger partial charge on any atom is -0.478 e. The molecular weight excluding hydrogens is 420 g/mol. The van der Waals surface area contributed by atoms with E-state index in [1.165, 1.54) is 4.68 Å². The molecule has 0 radical (unpaired) electrons. The number of carbonyl (C=O) groups is 1. The lowest BCUT2D eigenvalue weighted by molar-refractivity contribution is -0.146. The second-order valence-corrected chi connectivity index (χ2v) is 8.67. The van der Waals surface area contributed by atoms with Crippen molar-refractivity contribution >= 4 is 17.5 Å². The van der Waals surface area contributed by atoms with Gasteiger partial charge in [0.25, 0.3) is 5.91 Å². The molecule has 2 heterocycles. The fraction of sp³-hybridized carbons (Fsp3) is 0.591. The molecular formula is C22H31ClN4O4. The highest BCUT2D eigenvalue weighted by Crippen LogP contribution is 2.29. The molecule has 1 aromatic carbocycles. The third-order valence-electron chi connectivity index (χ3n) is 5.62. The van der Waals surface area contributed by atoms with Gasteiger partial charge >= 0.3 is 5.69 Å². The van der Waals surface area contributed by atoms with E-state index in [1.807, 2.05) is 11.8 Å². The van der Waals surface area contributed by atoms with Crippen LogP contribution in [0.1, 0.15) is 45.4 Å². The van der Waals surface area contributed by atoms with Gasteiger partial charge in [0.1, 0.15) is 11.6 Å². The average molecular weight is 451 g/mol. The Balaban J connectivity index is 1.65. The Morgan fingerprint density at radius 1 is 1.23 bits per heavy atom. The maximum atomic E-state index is 13.1. The van der Waals surface area contributed by atoms with E-state index in [9.17, 15) is 9.59 Å². The van der Waals surface area contributed by atoms with Gasteiger partial charge in [0.2, 0.25) is 0 Å². The van der Waals surface area contributed by atoms with Crippen LogP contribution in [0, 0.1) is 0 Å². The molecule has 1 fully saturated rings. The van der Waals surface area contributed by atoms with Crippen molar-refractivity contribution in [2.24, 2.45) is 0 Å². The number of amides is 1. The van der Waals surface area contributed by atoms with Gasteiger partial charge in [0, 0.05) is 37.7 Å². The molecule has 0 unspecified atom stereocenters. The number of methoxy groups -OCH3 is 1. The van der Waals surface area contributed by atoms with E-state index in [0.29, 0.717) is 43.6 Å². The molecule has 0 saturated carbocycles. The van der Waals surface area contributed by atoms with Crippen molar-refractivity contribution < 1.29 is 14.3 Å². The van der Waals surface area contributed by atoms with Crippen LogP contribution in [0.2, 0.25) is 5.02 Å². The van der Waals surface area contributed by atoms with Crippen LogP contribution in [0.25, 0.3) is 0 Å².